The Morgan fingerprint density at radius 2 is 2.17 bits per heavy atom. The first-order valence-electron chi connectivity index (χ1n) is 3.40. The lowest BCUT2D eigenvalue weighted by Gasteiger charge is -1.96. The number of aromatic nitrogens is 1. The Hall–Kier alpha value is -0.780. The fourth-order valence-corrected chi connectivity index (χ4v) is 1.87. The number of rotatable bonds is 0. The molecule has 0 saturated heterocycles. The van der Waals surface area contributed by atoms with Crippen molar-refractivity contribution in [3.05, 3.63) is 27.7 Å². The molecule has 0 aliphatic rings. The Balaban J connectivity index is 2.98. The second-order valence-corrected chi connectivity index (χ2v) is 3.69. The topological polar surface area (TPSA) is 41.8 Å². The van der Waals surface area contributed by atoms with Crippen molar-refractivity contribution in [2.75, 3.05) is 5.73 Å². The molecule has 1 aromatic heterocycles. The van der Waals surface area contributed by atoms with Gasteiger partial charge in [0, 0.05) is 9.77 Å². The largest absolute Gasteiger partial charge is 0.397 e. The molecule has 0 radical (unpaired) electrons. The third-order valence-electron chi connectivity index (χ3n) is 1.77. The molecule has 0 amide bonds. The van der Waals surface area contributed by atoms with Crippen LogP contribution < -0.4 is 5.73 Å². The van der Waals surface area contributed by atoms with Crippen LogP contribution in [0.5, 0.6) is 0 Å². The summed E-state index contributed by atoms with van der Waals surface area (Å²) in [5.41, 5.74) is 6.90. The summed E-state index contributed by atoms with van der Waals surface area (Å²) in [7, 11) is 0. The second kappa shape index (κ2) is 2.62. The number of H-pyrrole nitrogens is 1. The number of anilines is 1. The van der Waals surface area contributed by atoms with Gasteiger partial charge in [0.05, 0.1) is 16.6 Å². The van der Waals surface area contributed by atoms with Gasteiger partial charge in [0.15, 0.2) is 0 Å². The van der Waals surface area contributed by atoms with E-state index in [9.17, 15) is 4.39 Å². The number of halogens is 2. The average molecular weight is 276 g/mol. The van der Waals surface area contributed by atoms with E-state index in [4.69, 9.17) is 5.73 Å². The fraction of sp³-hybridized carbons (Fsp3) is 0. The minimum atomic E-state index is -0.232. The molecular formula is C8H6FIN2. The van der Waals surface area contributed by atoms with Gasteiger partial charge in [-0.3, -0.25) is 0 Å². The monoisotopic (exact) mass is 276 g/mol. The zero-order chi connectivity index (χ0) is 8.72. The smallest absolute Gasteiger partial charge is 0.133 e. The summed E-state index contributed by atoms with van der Waals surface area (Å²) in [6, 6.07) is 2.94. The van der Waals surface area contributed by atoms with Gasteiger partial charge in [-0.2, -0.15) is 0 Å². The molecule has 0 atom stereocenters. The number of nitrogens with one attached hydrogen (secondary N) is 1. The molecule has 0 spiro atoms. The van der Waals surface area contributed by atoms with Crippen molar-refractivity contribution in [3.63, 3.8) is 0 Å². The van der Waals surface area contributed by atoms with E-state index < -0.39 is 0 Å². The molecule has 2 nitrogen and oxygen atoms in total. The number of hydrogen-bond acceptors (Lipinski definition) is 1. The molecule has 4 heteroatoms. The maximum atomic E-state index is 13.2. The molecular weight excluding hydrogens is 270 g/mol. The van der Waals surface area contributed by atoms with Gasteiger partial charge >= 0.3 is 0 Å². The normalized spacial score (nSPS) is 10.8. The highest BCUT2D eigenvalue weighted by atomic mass is 127. The van der Waals surface area contributed by atoms with Gasteiger partial charge in [-0.15, -0.1) is 0 Å². The summed E-state index contributed by atoms with van der Waals surface area (Å²) in [5.74, 6) is -0.232. The molecule has 1 heterocycles. The molecule has 0 saturated carbocycles. The van der Waals surface area contributed by atoms with Crippen molar-refractivity contribution >= 4 is 39.2 Å². The van der Waals surface area contributed by atoms with Crippen molar-refractivity contribution in [1.82, 2.24) is 4.98 Å². The standard InChI is InChI=1S/C8H6FIN2/c9-4-1-2-6(11)8-7(4)5(10)3-12-8/h1-3,12H,11H2. The van der Waals surface area contributed by atoms with Crippen LogP contribution >= 0.6 is 22.6 Å². The molecule has 3 N–H and O–H groups in total. The van der Waals surface area contributed by atoms with E-state index in [0.717, 1.165) is 3.57 Å². The number of hydrogen-bond donors (Lipinski definition) is 2. The summed E-state index contributed by atoms with van der Waals surface area (Å²) >= 11 is 2.07. The summed E-state index contributed by atoms with van der Waals surface area (Å²) in [6.07, 6.45) is 1.74. The zero-order valence-electron chi connectivity index (χ0n) is 6.07. The average Bonchev–Trinajstić information content (AvgIpc) is 2.42. The quantitative estimate of drug-likeness (QED) is 0.563. The Morgan fingerprint density at radius 1 is 1.42 bits per heavy atom. The van der Waals surface area contributed by atoms with Gasteiger partial charge in [-0.1, -0.05) is 0 Å². The SMILES string of the molecule is Nc1ccc(F)c2c(I)c[nH]c12. The highest BCUT2D eigenvalue weighted by molar-refractivity contribution is 14.1. The maximum Gasteiger partial charge on any atom is 0.133 e. The lowest BCUT2D eigenvalue weighted by atomic mass is 10.2. The molecule has 62 valence electrons. The van der Waals surface area contributed by atoms with Crippen LogP contribution in [0.3, 0.4) is 0 Å². The van der Waals surface area contributed by atoms with E-state index in [2.05, 4.69) is 27.6 Å². The maximum absolute atomic E-state index is 13.2. The lowest BCUT2D eigenvalue weighted by molar-refractivity contribution is 0.640. The highest BCUT2D eigenvalue weighted by Crippen LogP contribution is 2.26. The van der Waals surface area contributed by atoms with Crippen molar-refractivity contribution in [2.24, 2.45) is 0 Å². The van der Waals surface area contributed by atoms with Crippen LogP contribution in [0.25, 0.3) is 10.9 Å². The summed E-state index contributed by atoms with van der Waals surface area (Å²) in [4.78, 5) is 2.92. The number of fused-ring (bicyclic) bond motifs is 1. The van der Waals surface area contributed by atoms with Crippen LogP contribution in [0.15, 0.2) is 18.3 Å². The van der Waals surface area contributed by atoms with E-state index in [1.165, 1.54) is 6.07 Å². The van der Waals surface area contributed by atoms with Crippen molar-refractivity contribution in [3.8, 4) is 0 Å². The van der Waals surface area contributed by atoms with E-state index in [1.54, 1.807) is 12.3 Å². The Labute approximate surface area is 82.1 Å². The van der Waals surface area contributed by atoms with Gasteiger partial charge in [0.1, 0.15) is 5.82 Å². The van der Waals surface area contributed by atoms with Crippen LogP contribution in [0.4, 0.5) is 10.1 Å². The highest BCUT2D eigenvalue weighted by Gasteiger charge is 2.08. The van der Waals surface area contributed by atoms with Crippen LogP contribution in [0.1, 0.15) is 0 Å². The van der Waals surface area contributed by atoms with Crippen LogP contribution in [-0.2, 0) is 0 Å². The van der Waals surface area contributed by atoms with E-state index in [-0.39, 0.29) is 5.82 Å². The fourth-order valence-electron chi connectivity index (χ4n) is 1.19. The molecule has 0 bridgehead atoms. The molecule has 0 aliphatic carbocycles. The number of benzene rings is 1. The van der Waals surface area contributed by atoms with Gasteiger partial charge in [-0.25, -0.2) is 4.39 Å². The van der Waals surface area contributed by atoms with Gasteiger partial charge in [0.25, 0.3) is 0 Å². The van der Waals surface area contributed by atoms with Gasteiger partial charge in [0.2, 0.25) is 0 Å². The molecule has 2 rings (SSSR count). The van der Waals surface area contributed by atoms with Crippen molar-refractivity contribution in [2.45, 2.75) is 0 Å². The molecule has 12 heavy (non-hydrogen) atoms. The first kappa shape index (κ1) is 7.85. The molecule has 0 unspecified atom stereocenters. The number of nitrogens with two attached hydrogens (primary N) is 1. The zero-order valence-corrected chi connectivity index (χ0v) is 8.22. The van der Waals surface area contributed by atoms with Crippen molar-refractivity contribution in [1.29, 1.82) is 0 Å². The molecule has 1 aromatic carbocycles. The molecule has 0 aliphatic heterocycles. The number of nitrogen functional groups attached to an aromatic ring is 1. The van der Waals surface area contributed by atoms with E-state index in [0.29, 0.717) is 16.6 Å². The first-order valence-corrected chi connectivity index (χ1v) is 4.48. The summed E-state index contributed by atoms with van der Waals surface area (Å²) < 4.78 is 14.0. The summed E-state index contributed by atoms with van der Waals surface area (Å²) in [5, 5.41) is 0.579. The second-order valence-electron chi connectivity index (χ2n) is 2.52. The molecule has 2 aromatic rings. The minimum absolute atomic E-state index is 0.232. The summed E-state index contributed by atoms with van der Waals surface area (Å²) in [6.45, 7) is 0. The van der Waals surface area contributed by atoms with Crippen LogP contribution in [0, 0.1) is 9.39 Å². The first-order chi connectivity index (χ1) is 5.70. The van der Waals surface area contributed by atoms with Gasteiger partial charge in [-0.05, 0) is 34.7 Å². The molecule has 0 fully saturated rings. The number of aromatic amines is 1. The predicted octanol–water partition coefficient (Wildman–Crippen LogP) is 2.49. The van der Waals surface area contributed by atoms with Gasteiger partial charge < -0.3 is 10.7 Å². The van der Waals surface area contributed by atoms with Crippen molar-refractivity contribution < 1.29 is 4.39 Å². The lowest BCUT2D eigenvalue weighted by Crippen LogP contribution is -1.87. The predicted molar refractivity (Wildman–Crippen MR) is 55.4 cm³/mol. The van der Waals surface area contributed by atoms with E-state index in [1.807, 2.05) is 0 Å². The Kier molecular flexibility index (Phi) is 1.71. The Bertz CT molecular complexity index is 436. The van der Waals surface area contributed by atoms with E-state index >= 15 is 0 Å². The van der Waals surface area contributed by atoms with Crippen LogP contribution in [0.2, 0.25) is 0 Å². The minimum Gasteiger partial charge on any atom is -0.397 e. The third kappa shape index (κ3) is 0.979. The Morgan fingerprint density at radius 3 is 2.83 bits per heavy atom. The third-order valence-corrected chi connectivity index (χ3v) is 2.62. The van der Waals surface area contributed by atoms with Crippen LogP contribution in [-0.4, -0.2) is 4.98 Å².